The van der Waals surface area contributed by atoms with Crippen molar-refractivity contribution < 1.29 is 19.4 Å². The van der Waals surface area contributed by atoms with Gasteiger partial charge in [-0.3, -0.25) is 4.79 Å². The zero-order valence-electron chi connectivity index (χ0n) is 15.5. The van der Waals surface area contributed by atoms with Gasteiger partial charge in [-0.15, -0.1) is 11.3 Å². The van der Waals surface area contributed by atoms with Gasteiger partial charge in [-0.2, -0.15) is 0 Å². The van der Waals surface area contributed by atoms with Crippen molar-refractivity contribution in [1.82, 2.24) is 0 Å². The first-order chi connectivity index (χ1) is 13.6. The predicted octanol–water partition coefficient (Wildman–Crippen LogP) is 5.08. The van der Waals surface area contributed by atoms with Crippen LogP contribution in [0.1, 0.15) is 29.3 Å². The van der Waals surface area contributed by atoms with Gasteiger partial charge in [-0.25, -0.2) is 4.79 Å². The van der Waals surface area contributed by atoms with E-state index in [-0.39, 0.29) is 17.9 Å². The van der Waals surface area contributed by atoms with Gasteiger partial charge in [-0.1, -0.05) is 42.5 Å². The Kier molecular flexibility index (Phi) is 6.45. The van der Waals surface area contributed by atoms with Gasteiger partial charge in [0, 0.05) is 22.7 Å². The topological polar surface area (TPSA) is 75.6 Å². The van der Waals surface area contributed by atoms with E-state index >= 15 is 0 Å². The van der Waals surface area contributed by atoms with Crippen molar-refractivity contribution >= 4 is 28.9 Å². The highest BCUT2D eigenvalue weighted by Gasteiger charge is 2.13. The van der Waals surface area contributed by atoms with Crippen molar-refractivity contribution in [2.75, 3.05) is 11.9 Å². The molecule has 144 valence electrons. The summed E-state index contributed by atoms with van der Waals surface area (Å²) in [7, 11) is 0. The molecule has 0 atom stereocenters. The van der Waals surface area contributed by atoms with Gasteiger partial charge >= 0.3 is 5.97 Å². The zero-order valence-corrected chi connectivity index (χ0v) is 16.3. The number of hydrogen-bond acceptors (Lipinski definition) is 4. The van der Waals surface area contributed by atoms with Gasteiger partial charge < -0.3 is 15.2 Å². The largest absolute Gasteiger partial charge is 0.493 e. The molecule has 1 heterocycles. The fourth-order valence-corrected chi connectivity index (χ4v) is 3.62. The maximum atomic E-state index is 12.1. The molecular weight excluding hydrogens is 374 g/mol. The van der Waals surface area contributed by atoms with Crippen molar-refractivity contribution in [3.63, 3.8) is 0 Å². The summed E-state index contributed by atoms with van der Waals surface area (Å²) in [6.07, 6.45) is 0.857. The standard InChI is InChI=1S/C22H21NO4S/c1-2-27-20-6-4-3-5-17(20)16-10-7-15(8-11-16)9-12-21(24)23-19-14-28-13-18(19)22(25)26/h3-8,10-11,13-14H,2,9,12H2,1H3,(H,23,24)(H,25,26). The van der Waals surface area contributed by atoms with Gasteiger partial charge in [0.15, 0.2) is 0 Å². The Morgan fingerprint density at radius 1 is 1.07 bits per heavy atom. The van der Waals surface area contributed by atoms with E-state index in [4.69, 9.17) is 9.84 Å². The molecular formula is C22H21NO4S. The smallest absolute Gasteiger partial charge is 0.338 e. The number of carbonyl (C=O) groups excluding carboxylic acids is 1. The number of carboxylic acids is 1. The highest BCUT2D eigenvalue weighted by Crippen LogP contribution is 2.30. The third kappa shape index (κ3) is 4.78. The third-order valence-corrected chi connectivity index (χ3v) is 5.00. The number of amides is 1. The molecule has 0 fully saturated rings. The number of aryl methyl sites for hydroxylation is 1. The minimum absolute atomic E-state index is 0.121. The number of rotatable bonds is 8. The quantitative estimate of drug-likeness (QED) is 0.557. The van der Waals surface area contributed by atoms with Gasteiger partial charge in [-0.05, 0) is 30.5 Å². The van der Waals surface area contributed by atoms with Crippen LogP contribution in [0.2, 0.25) is 0 Å². The van der Waals surface area contributed by atoms with Crippen LogP contribution < -0.4 is 10.1 Å². The van der Waals surface area contributed by atoms with E-state index in [0.717, 1.165) is 22.4 Å². The number of carboxylic acid groups (broad SMARTS) is 1. The fraction of sp³-hybridized carbons (Fsp3) is 0.182. The summed E-state index contributed by atoms with van der Waals surface area (Å²) in [5.74, 6) is -0.395. The molecule has 3 aromatic rings. The molecule has 0 saturated carbocycles. The van der Waals surface area contributed by atoms with E-state index in [1.54, 1.807) is 5.38 Å². The molecule has 0 radical (unpaired) electrons. The SMILES string of the molecule is CCOc1ccccc1-c1ccc(CCC(=O)Nc2cscc2C(=O)O)cc1. The number of nitrogens with one attached hydrogen (secondary N) is 1. The van der Waals surface area contributed by atoms with Crippen LogP contribution in [0.15, 0.2) is 59.3 Å². The number of anilines is 1. The monoisotopic (exact) mass is 395 g/mol. The molecule has 0 bridgehead atoms. The molecule has 2 aromatic carbocycles. The summed E-state index contributed by atoms with van der Waals surface area (Å²) in [5.41, 5.74) is 3.60. The number of carbonyl (C=O) groups is 2. The lowest BCUT2D eigenvalue weighted by atomic mass is 10.0. The molecule has 3 rings (SSSR count). The maximum Gasteiger partial charge on any atom is 0.338 e. The van der Waals surface area contributed by atoms with Crippen LogP contribution in [0, 0.1) is 0 Å². The minimum Gasteiger partial charge on any atom is -0.493 e. The first kappa shape index (κ1) is 19.6. The van der Waals surface area contributed by atoms with E-state index < -0.39 is 5.97 Å². The Hall–Kier alpha value is -3.12. The summed E-state index contributed by atoms with van der Waals surface area (Å²) in [4.78, 5) is 23.3. The molecule has 0 spiro atoms. The number of thiophene rings is 1. The third-order valence-electron chi connectivity index (χ3n) is 4.26. The second-order valence-electron chi connectivity index (χ2n) is 6.18. The van der Waals surface area contributed by atoms with Gasteiger partial charge in [0.2, 0.25) is 5.91 Å². The normalized spacial score (nSPS) is 10.5. The number of benzene rings is 2. The maximum absolute atomic E-state index is 12.1. The predicted molar refractivity (Wildman–Crippen MR) is 111 cm³/mol. The van der Waals surface area contributed by atoms with Crippen LogP contribution in [0.25, 0.3) is 11.1 Å². The van der Waals surface area contributed by atoms with E-state index in [0.29, 0.717) is 18.7 Å². The first-order valence-electron chi connectivity index (χ1n) is 8.99. The van der Waals surface area contributed by atoms with Crippen LogP contribution in [0.5, 0.6) is 5.75 Å². The second kappa shape index (κ2) is 9.19. The Morgan fingerprint density at radius 2 is 1.82 bits per heavy atom. The lowest BCUT2D eigenvalue weighted by Gasteiger charge is -2.11. The summed E-state index contributed by atoms with van der Waals surface area (Å²) in [6.45, 7) is 2.57. The van der Waals surface area contributed by atoms with Crippen molar-refractivity contribution in [2.45, 2.75) is 19.8 Å². The molecule has 0 aliphatic heterocycles. The molecule has 1 amide bonds. The molecule has 0 aliphatic rings. The van der Waals surface area contributed by atoms with Gasteiger partial charge in [0.05, 0.1) is 17.9 Å². The molecule has 1 aromatic heterocycles. The summed E-state index contributed by atoms with van der Waals surface area (Å²) in [5, 5.41) is 14.9. The van der Waals surface area contributed by atoms with Gasteiger partial charge in [0.1, 0.15) is 5.75 Å². The second-order valence-corrected chi connectivity index (χ2v) is 6.92. The molecule has 2 N–H and O–H groups in total. The van der Waals surface area contributed by atoms with Crippen molar-refractivity contribution in [2.24, 2.45) is 0 Å². The summed E-state index contributed by atoms with van der Waals surface area (Å²) < 4.78 is 5.68. The average molecular weight is 395 g/mol. The molecule has 5 nitrogen and oxygen atoms in total. The minimum atomic E-state index is -1.04. The molecule has 0 saturated heterocycles. The van der Waals surface area contributed by atoms with Crippen molar-refractivity contribution in [1.29, 1.82) is 0 Å². The van der Waals surface area contributed by atoms with E-state index in [1.165, 1.54) is 16.7 Å². The first-order valence-corrected chi connectivity index (χ1v) is 9.93. The van der Waals surface area contributed by atoms with Crippen LogP contribution in [-0.4, -0.2) is 23.6 Å². The lowest BCUT2D eigenvalue weighted by Crippen LogP contribution is -2.14. The van der Waals surface area contributed by atoms with E-state index in [1.807, 2.05) is 55.5 Å². The highest BCUT2D eigenvalue weighted by molar-refractivity contribution is 7.08. The fourth-order valence-electron chi connectivity index (χ4n) is 2.87. The molecule has 0 unspecified atom stereocenters. The Morgan fingerprint density at radius 3 is 2.54 bits per heavy atom. The highest BCUT2D eigenvalue weighted by atomic mass is 32.1. The molecule has 6 heteroatoms. The number of aromatic carboxylic acids is 1. The van der Waals surface area contributed by atoms with E-state index in [2.05, 4.69) is 5.32 Å². The van der Waals surface area contributed by atoms with E-state index in [9.17, 15) is 9.59 Å². The Balaban J connectivity index is 1.61. The summed E-state index contributed by atoms with van der Waals surface area (Å²) in [6, 6.07) is 15.9. The van der Waals surface area contributed by atoms with Crippen LogP contribution in [0.3, 0.4) is 0 Å². The summed E-state index contributed by atoms with van der Waals surface area (Å²) >= 11 is 1.25. The molecule has 28 heavy (non-hydrogen) atoms. The number of hydrogen-bond donors (Lipinski definition) is 2. The van der Waals surface area contributed by atoms with Crippen molar-refractivity contribution in [3.05, 3.63) is 70.4 Å². The van der Waals surface area contributed by atoms with Crippen LogP contribution in [0.4, 0.5) is 5.69 Å². The molecule has 0 aliphatic carbocycles. The van der Waals surface area contributed by atoms with Gasteiger partial charge in [0.25, 0.3) is 0 Å². The lowest BCUT2D eigenvalue weighted by molar-refractivity contribution is -0.116. The number of ether oxygens (including phenoxy) is 1. The average Bonchev–Trinajstić information content (AvgIpc) is 3.16. The Bertz CT molecular complexity index is 963. The Labute approximate surface area is 167 Å². The van der Waals surface area contributed by atoms with Crippen LogP contribution >= 0.6 is 11.3 Å². The van der Waals surface area contributed by atoms with Crippen molar-refractivity contribution in [3.8, 4) is 16.9 Å². The zero-order chi connectivity index (χ0) is 19.9. The number of para-hydroxylation sites is 1. The van der Waals surface area contributed by atoms with Crippen LogP contribution in [-0.2, 0) is 11.2 Å².